The van der Waals surface area contributed by atoms with E-state index in [-0.39, 0.29) is 18.1 Å². The highest BCUT2D eigenvalue weighted by molar-refractivity contribution is 6.30. The smallest absolute Gasteiger partial charge is 0.244 e. The van der Waals surface area contributed by atoms with Crippen molar-refractivity contribution in [3.63, 3.8) is 0 Å². The zero-order chi connectivity index (χ0) is 18.8. The van der Waals surface area contributed by atoms with Gasteiger partial charge >= 0.3 is 0 Å². The van der Waals surface area contributed by atoms with Crippen LogP contribution in [-0.2, 0) is 9.53 Å². The third-order valence-electron chi connectivity index (χ3n) is 5.24. The number of nitriles is 1. The lowest BCUT2D eigenvalue weighted by Gasteiger charge is -2.36. The SMILES string of the molecule is N#Cc1ccc(N2CCC(N3CCOC(c4cccc(Cl)c4)C3)C2=O)cc1. The third kappa shape index (κ3) is 3.70. The number of carbonyl (C=O) groups excluding carboxylic acids is 1. The first kappa shape index (κ1) is 18.0. The summed E-state index contributed by atoms with van der Waals surface area (Å²) in [6.07, 6.45) is 0.718. The number of anilines is 1. The van der Waals surface area contributed by atoms with E-state index < -0.39 is 0 Å². The van der Waals surface area contributed by atoms with Gasteiger partial charge in [0.05, 0.1) is 30.4 Å². The summed E-state index contributed by atoms with van der Waals surface area (Å²) in [5.41, 5.74) is 2.49. The molecule has 0 radical (unpaired) electrons. The molecule has 2 unspecified atom stereocenters. The number of ether oxygens (including phenoxy) is 1. The Hall–Kier alpha value is -2.39. The summed E-state index contributed by atoms with van der Waals surface area (Å²) in [5, 5.41) is 9.63. The van der Waals surface area contributed by atoms with Crippen molar-refractivity contribution in [2.24, 2.45) is 0 Å². The van der Waals surface area contributed by atoms with Crippen molar-refractivity contribution in [3.05, 3.63) is 64.7 Å². The molecule has 2 atom stereocenters. The molecule has 2 fully saturated rings. The Balaban J connectivity index is 1.47. The predicted molar refractivity (Wildman–Crippen MR) is 104 cm³/mol. The molecule has 5 nitrogen and oxygen atoms in total. The van der Waals surface area contributed by atoms with Crippen LogP contribution in [0.1, 0.15) is 23.7 Å². The Kier molecular flexibility index (Phi) is 5.13. The molecule has 0 spiro atoms. The summed E-state index contributed by atoms with van der Waals surface area (Å²) in [7, 11) is 0. The van der Waals surface area contributed by atoms with Crippen LogP contribution < -0.4 is 4.90 Å². The summed E-state index contributed by atoms with van der Waals surface area (Å²) in [4.78, 5) is 17.1. The monoisotopic (exact) mass is 381 g/mol. The Morgan fingerprint density at radius 2 is 1.96 bits per heavy atom. The van der Waals surface area contributed by atoms with Gasteiger partial charge in [-0.15, -0.1) is 0 Å². The average molecular weight is 382 g/mol. The number of carbonyl (C=O) groups is 1. The topological polar surface area (TPSA) is 56.6 Å². The summed E-state index contributed by atoms with van der Waals surface area (Å²) < 4.78 is 5.93. The lowest BCUT2D eigenvalue weighted by molar-refractivity contribution is -0.125. The molecule has 0 saturated carbocycles. The molecular weight excluding hydrogens is 362 g/mol. The van der Waals surface area contributed by atoms with Crippen molar-refractivity contribution in [3.8, 4) is 6.07 Å². The predicted octanol–water partition coefficient (Wildman–Crippen LogP) is 3.39. The van der Waals surface area contributed by atoms with Crippen LogP contribution in [-0.4, -0.2) is 43.1 Å². The molecule has 2 aliphatic heterocycles. The van der Waals surface area contributed by atoms with E-state index in [9.17, 15) is 4.79 Å². The third-order valence-corrected chi connectivity index (χ3v) is 5.48. The first-order valence-corrected chi connectivity index (χ1v) is 9.46. The molecule has 2 heterocycles. The van der Waals surface area contributed by atoms with Gasteiger partial charge in [-0.25, -0.2) is 0 Å². The molecule has 2 saturated heterocycles. The zero-order valence-corrected chi connectivity index (χ0v) is 15.6. The maximum Gasteiger partial charge on any atom is 0.244 e. The van der Waals surface area contributed by atoms with E-state index in [0.717, 1.165) is 24.2 Å². The molecule has 0 bridgehead atoms. The lowest BCUT2D eigenvalue weighted by atomic mass is 10.1. The van der Waals surface area contributed by atoms with Gasteiger partial charge in [-0.05, 0) is 48.4 Å². The van der Waals surface area contributed by atoms with Gasteiger partial charge in [0.1, 0.15) is 0 Å². The molecule has 6 heteroatoms. The van der Waals surface area contributed by atoms with Gasteiger partial charge in [-0.3, -0.25) is 9.69 Å². The highest BCUT2D eigenvalue weighted by Crippen LogP contribution is 2.30. The highest BCUT2D eigenvalue weighted by Gasteiger charge is 2.38. The van der Waals surface area contributed by atoms with Gasteiger partial charge < -0.3 is 9.64 Å². The highest BCUT2D eigenvalue weighted by atomic mass is 35.5. The van der Waals surface area contributed by atoms with Crippen molar-refractivity contribution in [1.29, 1.82) is 5.26 Å². The number of benzene rings is 2. The van der Waals surface area contributed by atoms with Crippen LogP contribution in [0.4, 0.5) is 5.69 Å². The van der Waals surface area contributed by atoms with E-state index in [4.69, 9.17) is 21.6 Å². The summed E-state index contributed by atoms with van der Waals surface area (Å²) in [5.74, 6) is 0.117. The minimum Gasteiger partial charge on any atom is -0.371 e. The number of rotatable bonds is 3. The number of halogens is 1. The zero-order valence-electron chi connectivity index (χ0n) is 14.8. The molecule has 0 N–H and O–H groups in total. The largest absolute Gasteiger partial charge is 0.371 e. The number of hydrogen-bond donors (Lipinski definition) is 0. The fraction of sp³-hybridized carbons (Fsp3) is 0.333. The van der Waals surface area contributed by atoms with Gasteiger partial charge in [-0.2, -0.15) is 5.26 Å². The van der Waals surface area contributed by atoms with Crippen LogP contribution in [0.25, 0.3) is 0 Å². The Morgan fingerprint density at radius 3 is 2.70 bits per heavy atom. The first-order valence-electron chi connectivity index (χ1n) is 9.08. The maximum atomic E-state index is 13.0. The van der Waals surface area contributed by atoms with Crippen molar-refractivity contribution >= 4 is 23.2 Å². The van der Waals surface area contributed by atoms with Crippen molar-refractivity contribution < 1.29 is 9.53 Å². The van der Waals surface area contributed by atoms with Crippen LogP contribution in [0.3, 0.4) is 0 Å². The molecule has 4 rings (SSSR count). The second-order valence-corrected chi connectivity index (χ2v) is 7.30. The molecule has 1 amide bonds. The molecule has 0 aliphatic carbocycles. The Bertz CT molecular complexity index is 878. The van der Waals surface area contributed by atoms with Gasteiger partial charge in [0.25, 0.3) is 0 Å². The van der Waals surface area contributed by atoms with E-state index in [2.05, 4.69) is 11.0 Å². The first-order chi connectivity index (χ1) is 13.2. The summed E-state index contributed by atoms with van der Waals surface area (Å²) >= 11 is 6.11. The second kappa shape index (κ2) is 7.69. The summed E-state index contributed by atoms with van der Waals surface area (Å²) in [6.45, 7) is 2.71. The molecule has 138 valence electrons. The van der Waals surface area contributed by atoms with Crippen LogP contribution in [0, 0.1) is 11.3 Å². The quantitative estimate of drug-likeness (QED) is 0.817. The van der Waals surface area contributed by atoms with Crippen LogP contribution in [0.15, 0.2) is 48.5 Å². The molecular formula is C21H20ClN3O2. The van der Waals surface area contributed by atoms with E-state index in [1.807, 2.05) is 41.3 Å². The Labute approximate surface area is 163 Å². The van der Waals surface area contributed by atoms with Crippen LogP contribution in [0.2, 0.25) is 5.02 Å². The van der Waals surface area contributed by atoms with Crippen LogP contribution in [0.5, 0.6) is 0 Å². The molecule has 27 heavy (non-hydrogen) atoms. The minimum atomic E-state index is -0.133. The van der Waals surface area contributed by atoms with Crippen molar-refractivity contribution in [2.45, 2.75) is 18.6 Å². The van der Waals surface area contributed by atoms with E-state index in [1.165, 1.54) is 0 Å². The lowest BCUT2D eigenvalue weighted by Crippen LogP contribution is -2.48. The number of hydrogen-bond acceptors (Lipinski definition) is 4. The average Bonchev–Trinajstić information content (AvgIpc) is 3.09. The number of nitrogens with zero attached hydrogens (tertiary/aromatic N) is 3. The van der Waals surface area contributed by atoms with Gasteiger partial charge in [0.2, 0.25) is 5.91 Å². The molecule has 2 aromatic carbocycles. The van der Waals surface area contributed by atoms with Crippen molar-refractivity contribution in [2.75, 3.05) is 31.1 Å². The van der Waals surface area contributed by atoms with Gasteiger partial charge in [0, 0.05) is 30.3 Å². The standard InChI is InChI=1S/C21H20ClN3O2/c22-17-3-1-2-16(12-17)20-14-24(10-11-27-20)19-8-9-25(21(19)26)18-6-4-15(13-23)5-7-18/h1-7,12,19-20H,8-11,14H2. The number of morpholine rings is 1. The second-order valence-electron chi connectivity index (χ2n) is 6.86. The van der Waals surface area contributed by atoms with Crippen LogP contribution >= 0.6 is 11.6 Å². The van der Waals surface area contributed by atoms with Gasteiger partial charge in [0.15, 0.2) is 0 Å². The molecule has 2 aromatic rings. The molecule has 0 aromatic heterocycles. The van der Waals surface area contributed by atoms with Gasteiger partial charge in [-0.1, -0.05) is 23.7 Å². The van der Waals surface area contributed by atoms with Crippen molar-refractivity contribution in [1.82, 2.24) is 4.90 Å². The molecule has 2 aliphatic rings. The van der Waals surface area contributed by atoms with E-state index >= 15 is 0 Å². The van der Waals surface area contributed by atoms with E-state index in [1.54, 1.807) is 12.1 Å². The number of amides is 1. The maximum absolute atomic E-state index is 13.0. The fourth-order valence-corrected chi connectivity index (χ4v) is 4.04. The minimum absolute atomic E-state index is 0.0748. The summed E-state index contributed by atoms with van der Waals surface area (Å²) in [6, 6.07) is 16.9. The van der Waals surface area contributed by atoms with E-state index in [0.29, 0.717) is 30.3 Å². The fourth-order valence-electron chi connectivity index (χ4n) is 3.84. The normalized spacial score (nSPS) is 23.4. The Morgan fingerprint density at radius 1 is 1.15 bits per heavy atom.